The summed E-state index contributed by atoms with van der Waals surface area (Å²) >= 11 is 0. The molecule has 0 aromatic carbocycles. The van der Waals surface area contributed by atoms with Gasteiger partial charge in [0.05, 0.1) is 0 Å². The summed E-state index contributed by atoms with van der Waals surface area (Å²) in [4.78, 5) is 23.0. The van der Waals surface area contributed by atoms with Crippen molar-refractivity contribution in [2.75, 3.05) is 0 Å². The topological polar surface area (TPSA) is 66.4 Å². The Kier molecular flexibility index (Phi) is 18.8. The Morgan fingerprint density at radius 2 is 1.30 bits per heavy atom. The summed E-state index contributed by atoms with van der Waals surface area (Å²) in [6, 6.07) is -0.783. The highest BCUT2D eigenvalue weighted by molar-refractivity contribution is 5.83. The SMILES string of the molecule is CCCCC/C=C\C/C=C\C/C=C\C/C=C\CCCC(=O)NC(CC(C)C)C(=O)O. The van der Waals surface area contributed by atoms with Crippen LogP contribution in [0.3, 0.4) is 0 Å². The summed E-state index contributed by atoms with van der Waals surface area (Å²) in [5.74, 6) is -0.911. The number of aliphatic carboxylic acids is 1. The first-order valence-corrected chi connectivity index (χ1v) is 11.6. The van der Waals surface area contributed by atoms with Gasteiger partial charge in [-0.25, -0.2) is 4.79 Å². The van der Waals surface area contributed by atoms with Crippen molar-refractivity contribution in [2.24, 2.45) is 5.92 Å². The van der Waals surface area contributed by atoms with Gasteiger partial charge >= 0.3 is 5.97 Å². The van der Waals surface area contributed by atoms with Gasteiger partial charge in [0, 0.05) is 6.42 Å². The summed E-state index contributed by atoms with van der Waals surface area (Å²) in [5.41, 5.74) is 0. The van der Waals surface area contributed by atoms with E-state index in [4.69, 9.17) is 5.11 Å². The molecule has 0 heterocycles. The number of allylic oxidation sites excluding steroid dienone is 8. The molecule has 0 aromatic rings. The van der Waals surface area contributed by atoms with Crippen molar-refractivity contribution in [3.63, 3.8) is 0 Å². The van der Waals surface area contributed by atoms with E-state index in [9.17, 15) is 9.59 Å². The summed E-state index contributed by atoms with van der Waals surface area (Å²) in [5, 5.41) is 11.8. The van der Waals surface area contributed by atoms with Crippen molar-refractivity contribution in [1.82, 2.24) is 5.32 Å². The van der Waals surface area contributed by atoms with Gasteiger partial charge in [-0.3, -0.25) is 4.79 Å². The van der Waals surface area contributed by atoms with Gasteiger partial charge in [0.15, 0.2) is 0 Å². The highest BCUT2D eigenvalue weighted by Crippen LogP contribution is 2.06. The van der Waals surface area contributed by atoms with Crippen LogP contribution in [-0.2, 0) is 9.59 Å². The van der Waals surface area contributed by atoms with Crippen LogP contribution in [0.25, 0.3) is 0 Å². The fourth-order valence-electron chi connectivity index (χ4n) is 2.90. The molecule has 0 aliphatic carbocycles. The zero-order valence-corrected chi connectivity index (χ0v) is 19.3. The molecule has 30 heavy (non-hydrogen) atoms. The number of carboxylic acids is 1. The smallest absolute Gasteiger partial charge is 0.326 e. The Morgan fingerprint density at radius 3 is 1.77 bits per heavy atom. The molecule has 170 valence electrons. The second-order valence-electron chi connectivity index (χ2n) is 8.07. The van der Waals surface area contributed by atoms with Crippen LogP contribution in [0.2, 0.25) is 0 Å². The molecule has 0 rings (SSSR count). The maximum atomic E-state index is 11.9. The van der Waals surface area contributed by atoms with Gasteiger partial charge in [-0.05, 0) is 57.3 Å². The zero-order valence-electron chi connectivity index (χ0n) is 19.3. The maximum absolute atomic E-state index is 11.9. The number of carbonyl (C=O) groups excluding carboxylic acids is 1. The quantitative estimate of drug-likeness (QED) is 0.191. The second kappa shape index (κ2) is 20.2. The third-order valence-corrected chi connectivity index (χ3v) is 4.57. The lowest BCUT2D eigenvalue weighted by molar-refractivity contribution is -0.142. The Bertz CT molecular complexity index is 559. The standard InChI is InChI=1S/C26H43NO3/c1-4-5-6-7-8-9-10-11-12-13-14-15-16-17-18-19-20-21-25(28)27-24(26(29)30)22-23(2)3/h8-9,11-12,14-15,17-18,23-24H,4-7,10,13,16,19-22H2,1-3H3,(H,27,28)(H,29,30)/b9-8-,12-11-,15-14-,18-17-. The van der Waals surface area contributed by atoms with Gasteiger partial charge in [0.2, 0.25) is 5.91 Å². The number of amides is 1. The zero-order chi connectivity index (χ0) is 22.5. The van der Waals surface area contributed by atoms with E-state index in [1.165, 1.54) is 25.7 Å². The fourth-order valence-corrected chi connectivity index (χ4v) is 2.90. The molecule has 0 radical (unpaired) electrons. The molecule has 0 saturated carbocycles. The lowest BCUT2D eigenvalue weighted by atomic mass is 10.0. The monoisotopic (exact) mass is 417 g/mol. The highest BCUT2D eigenvalue weighted by Gasteiger charge is 2.20. The molecule has 1 unspecified atom stereocenters. The molecule has 2 N–H and O–H groups in total. The van der Waals surface area contributed by atoms with Crippen LogP contribution in [0.1, 0.15) is 91.4 Å². The molecule has 0 aliphatic heterocycles. The van der Waals surface area contributed by atoms with E-state index in [1.54, 1.807) is 0 Å². The number of carbonyl (C=O) groups is 2. The lowest BCUT2D eigenvalue weighted by Crippen LogP contribution is -2.41. The van der Waals surface area contributed by atoms with E-state index in [1.807, 2.05) is 13.8 Å². The first kappa shape index (κ1) is 27.9. The van der Waals surface area contributed by atoms with Crippen molar-refractivity contribution < 1.29 is 14.7 Å². The van der Waals surface area contributed by atoms with Crippen LogP contribution >= 0.6 is 0 Å². The number of hydrogen-bond donors (Lipinski definition) is 2. The van der Waals surface area contributed by atoms with Gasteiger partial charge in [0.25, 0.3) is 0 Å². The summed E-state index contributed by atoms with van der Waals surface area (Å²) in [6.45, 7) is 6.13. The predicted molar refractivity (Wildman–Crippen MR) is 127 cm³/mol. The molecule has 1 atom stereocenters. The largest absolute Gasteiger partial charge is 0.480 e. The van der Waals surface area contributed by atoms with Crippen LogP contribution in [0, 0.1) is 5.92 Å². The highest BCUT2D eigenvalue weighted by atomic mass is 16.4. The minimum atomic E-state index is -0.961. The average molecular weight is 418 g/mol. The maximum Gasteiger partial charge on any atom is 0.326 e. The Hall–Kier alpha value is -2.10. The van der Waals surface area contributed by atoms with Crippen molar-refractivity contribution >= 4 is 11.9 Å². The van der Waals surface area contributed by atoms with E-state index in [-0.39, 0.29) is 11.8 Å². The molecule has 4 nitrogen and oxygen atoms in total. The van der Waals surface area contributed by atoms with Crippen LogP contribution in [-0.4, -0.2) is 23.0 Å². The third kappa shape index (κ3) is 19.2. The Labute approximate surface area is 184 Å². The molecule has 0 aromatic heterocycles. The van der Waals surface area contributed by atoms with Gasteiger partial charge in [-0.1, -0.05) is 82.2 Å². The van der Waals surface area contributed by atoms with E-state index in [2.05, 4.69) is 60.8 Å². The number of carboxylic acid groups (broad SMARTS) is 1. The molecule has 0 bridgehead atoms. The van der Waals surface area contributed by atoms with Gasteiger partial charge < -0.3 is 10.4 Å². The Balaban J connectivity index is 3.73. The van der Waals surface area contributed by atoms with Crippen molar-refractivity contribution in [3.05, 3.63) is 48.6 Å². The molecule has 0 spiro atoms. The van der Waals surface area contributed by atoms with E-state index in [0.29, 0.717) is 12.8 Å². The molecule has 1 amide bonds. The van der Waals surface area contributed by atoms with Crippen LogP contribution in [0.5, 0.6) is 0 Å². The number of rotatable bonds is 18. The normalized spacial score (nSPS) is 13.3. The van der Waals surface area contributed by atoms with E-state index >= 15 is 0 Å². The Morgan fingerprint density at radius 1 is 0.800 bits per heavy atom. The number of hydrogen-bond acceptors (Lipinski definition) is 2. The minimum Gasteiger partial charge on any atom is -0.480 e. The molecule has 0 fully saturated rings. The minimum absolute atomic E-state index is 0.182. The number of unbranched alkanes of at least 4 members (excludes halogenated alkanes) is 4. The van der Waals surface area contributed by atoms with Crippen LogP contribution in [0.15, 0.2) is 48.6 Å². The lowest BCUT2D eigenvalue weighted by Gasteiger charge is -2.16. The predicted octanol–water partition coefficient (Wildman–Crippen LogP) is 6.75. The first-order chi connectivity index (χ1) is 14.5. The fraction of sp³-hybridized carbons (Fsp3) is 0.615. The molecule has 4 heteroatoms. The van der Waals surface area contributed by atoms with Crippen molar-refractivity contribution in [2.45, 2.75) is 97.4 Å². The van der Waals surface area contributed by atoms with E-state index in [0.717, 1.165) is 32.1 Å². The summed E-state index contributed by atoms with van der Waals surface area (Å²) in [7, 11) is 0. The van der Waals surface area contributed by atoms with Crippen molar-refractivity contribution in [1.29, 1.82) is 0 Å². The van der Waals surface area contributed by atoms with Gasteiger partial charge in [-0.2, -0.15) is 0 Å². The molecular formula is C26H43NO3. The number of nitrogens with one attached hydrogen (secondary N) is 1. The van der Waals surface area contributed by atoms with Gasteiger partial charge in [0.1, 0.15) is 6.04 Å². The second-order valence-corrected chi connectivity index (χ2v) is 8.07. The molecule has 0 saturated heterocycles. The first-order valence-electron chi connectivity index (χ1n) is 11.6. The average Bonchev–Trinajstić information content (AvgIpc) is 2.69. The van der Waals surface area contributed by atoms with Crippen LogP contribution < -0.4 is 5.32 Å². The molecule has 0 aliphatic rings. The van der Waals surface area contributed by atoms with Gasteiger partial charge in [-0.15, -0.1) is 0 Å². The summed E-state index contributed by atoms with van der Waals surface area (Å²) < 4.78 is 0. The third-order valence-electron chi connectivity index (χ3n) is 4.57. The van der Waals surface area contributed by atoms with Crippen LogP contribution in [0.4, 0.5) is 0 Å². The van der Waals surface area contributed by atoms with E-state index < -0.39 is 12.0 Å². The summed E-state index contributed by atoms with van der Waals surface area (Å²) in [6.07, 6.45) is 27.8. The molecular weight excluding hydrogens is 374 g/mol. The van der Waals surface area contributed by atoms with Crippen molar-refractivity contribution in [3.8, 4) is 0 Å².